The van der Waals surface area contributed by atoms with Crippen LogP contribution in [0.1, 0.15) is 18.9 Å². The van der Waals surface area contributed by atoms with Gasteiger partial charge in [0, 0.05) is 16.6 Å². The third-order valence-electron chi connectivity index (χ3n) is 3.50. The van der Waals surface area contributed by atoms with Crippen LogP contribution in [0.25, 0.3) is 0 Å². The normalized spacial score (nSPS) is 18.3. The number of hydrogen-bond donors (Lipinski definition) is 0. The van der Waals surface area contributed by atoms with Gasteiger partial charge in [0.1, 0.15) is 5.82 Å². The van der Waals surface area contributed by atoms with Crippen molar-refractivity contribution >= 4 is 23.4 Å². The smallest absolute Gasteiger partial charge is 0.228 e. The predicted octanol–water partition coefficient (Wildman–Crippen LogP) is 4.24. The van der Waals surface area contributed by atoms with Gasteiger partial charge in [0.05, 0.1) is 12.2 Å². The number of rotatable bonds is 2. The van der Waals surface area contributed by atoms with Gasteiger partial charge in [0.25, 0.3) is 0 Å². The molecule has 108 valence electrons. The number of halogens is 1. The fourth-order valence-electron chi connectivity index (χ4n) is 2.47. The standard InChI is InChI=1S/C17H16FNOS/c1-12-10-17(20)19(11-13-6-8-14(18)9-7-13)15-4-2-3-5-16(15)21-12/h2-9,12H,10-11H2,1H3. The molecule has 0 bridgehead atoms. The highest BCUT2D eigenvalue weighted by atomic mass is 32.2. The molecule has 1 atom stereocenters. The van der Waals surface area contributed by atoms with Crippen LogP contribution in [0, 0.1) is 5.82 Å². The minimum absolute atomic E-state index is 0.115. The molecule has 4 heteroatoms. The average molecular weight is 301 g/mol. The molecule has 0 N–H and O–H groups in total. The second-order valence-electron chi connectivity index (χ2n) is 5.21. The van der Waals surface area contributed by atoms with E-state index in [9.17, 15) is 9.18 Å². The molecule has 2 aromatic carbocycles. The van der Waals surface area contributed by atoms with E-state index in [1.54, 1.807) is 28.8 Å². The van der Waals surface area contributed by atoms with E-state index in [2.05, 4.69) is 6.92 Å². The molecule has 0 spiro atoms. The molecule has 21 heavy (non-hydrogen) atoms. The highest BCUT2D eigenvalue weighted by molar-refractivity contribution is 8.00. The van der Waals surface area contributed by atoms with Crippen LogP contribution in [0.4, 0.5) is 10.1 Å². The summed E-state index contributed by atoms with van der Waals surface area (Å²) < 4.78 is 13.0. The molecule has 2 aromatic rings. The Labute approximate surface area is 128 Å². The monoisotopic (exact) mass is 301 g/mol. The Balaban J connectivity index is 1.95. The van der Waals surface area contributed by atoms with Crippen LogP contribution in [0.15, 0.2) is 53.4 Å². The van der Waals surface area contributed by atoms with Crippen LogP contribution in [0.5, 0.6) is 0 Å². The first-order valence-corrected chi connectivity index (χ1v) is 7.82. The fraction of sp³-hybridized carbons (Fsp3) is 0.235. The number of carbonyl (C=O) groups is 1. The lowest BCUT2D eigenvalue weighted by atomic mass is 10.1. The summed E-state index contributed by atoms with van der Waals surface area (Å²) in [6.45, 7) is 2.55. The summed E-state index contributed by atoms with van der Waals surface area (Å²) in [5.41, 5.74) is 1.88. The van der Waals surface area contributed by atoms with Crippen molar-refractivity contribution in [3.8, 4) is 0 Å². The van der Waals surface area contributed by atoms with Gasteiger partial charge in [-0.15, -0.1) is 11.8 Å². The summed E-state index contributed by atoms with van der Waals surface area (Å²) >= 11 is 1.73. The molecule has 2 nitrogen and oxygen atoms in total. The maximum Gasteiger partial charge on any atom is 0.228 e. The number of benzene rings is 2. The topological polar surface area (TPSA) is 20.3 Å². The Morgan fingerprint density at radius 3 is 2.67 bits per heavy atom. The summed E-state index contributed by atoms with van der Waals surface area (Å²) in [7, 11) is 0. The van der Waals surface area contributed by atoms with E-state index in [4.69, 9.17) is 0 Å². The van der Waals surface area contributed by atoms with Gasteiger partial charge in [-0.3, -0.25) is 4.79 Å². The quantitative estimate of drug-likeness (QED) is 0.827. The highest BCUT2D eigenvalue weighted by Crippen LogP contribution is 2.38. The molecule has 0 saturated heterocycles. The van der Waals surface area contributed by atoms with Crippen LogP contribution < -0.4 is 4.90 Å². The summed E-state index contributed by atoms with van der Waals surface area (Å²) in [4.78, 5) is 15.4. The van der Waals surface area contributed by atoms with Crippen molar-refractivity contribution in [3.63, 3.8) is 0 Å². The number of carbonyl (C=O) groups excluding carboxylic acids is 1. The molecule has 0 aliphatic carbocycles. The Morgan fingerprint density at radius 1 is 1.19 bits per heavy atom. The van der Waals surface area contributed by atoms with Gasteiger partial charge >= 0.3 is 0 Å². The Hall–Kier alpha value is -1.81. The van der Waals surface area contributed by atoms with Crippen molar-refractivity contribution in [2.75, 3.05) is 4.90 Å². The van der Waals surface area contributed by atoms with Crippen LogP contribution in [0.2, 0.25) is 0 Å². The van der Waals surface area contributed by atoms with Crippen molar-refractivity contribution in [1.29, 1.82) is 0 Å². The molecule has 1 unspecified atom stereocenters. The largest absolute Gasteiger partial charge is 0.307 e. The van der Waals surface area contributed by atoms with Crippen molar-refractivity contribution < 1.29 is 9.18 Å². The minimum atomic E-state index is -0.259. The lowest BCUT2D eigenvalue weighted by Gasteiger charge is -2.22. The summed E-state index contributed by atoms with van der Waals surface area (Å²) in [6.07, 6.45) is 0.514. The predicted molar refractivity (Wildman–Crippen MR) is 84.0 cm³/mol. The molecule has 1 aliphatic rings. The van der Waals surface area contributed by atoms with Gasteiger partial charge in [0.15, 0.2) is 0 Å². The number of thioether (sulfide) groups is 1. The number of anilines is 1. The Bertz CT molecular complexity index is 656. The maximum absolute atomic E-state index is 13.0. The first-order chi connectivity index (χ1) is 10.1. The number of nitrogens with zero attached hydrogens (tertiary/aromatic N) is 1. The lowest BCUT2D eigenvalue weighted by Crippen LogP contribution is -2.30. The van der Waals surface area contributed by atoms with Gasteiger partial charge in [-0.05, 0) is 29.8 Å². The molecular weight excluding hydrogens is 285 g/mol. The molecular formula is C17H16FNOS. The maximum atomic E-state index is 13.0. The lowest BCUT2D eigenvalue weighted by molar-refractivity contribution is -0.118. The third-order valence-corrected chi connectivity index (χ3v) is 4.67. The highest BCUT2D eigenvalue weighted by Gasteiger charge is 2.26. The number of hydrogen-bond acceptors (Lipinski definition) is 2. The molecule has 1 heterocycles. The van der Waals surface area contributed by atoms with E-state index >= 15 is 0 Å². The second-order valence-corrected chi connectivity index (χ2v) is 6.69. The van der Waals surface area contributed by atoms with Gasteiger partial charge in [-0.1, -0.05) is 31.2 Å². The number of para-hydroxylation sites is 1. The van der Waals surface area contributed by atoms with E-state index in [0.29, 0.717) is 13.0 Å². The van der Waals surface area contributed by atoms with Gasteiger partial charge < -0.3 is 4.90 Å². The zero-order valence-corrected chi connectivity index (χ0v) is 12.6. The van der Waals surface area contributed by atoms with Gasteiger partial charge in [-0.25, -0.2) is 4.39 Å². The van der Waals surface area contributed by atoms with Crippen LogP contribution in [0.3, 0.4) is 0 Å². The third kappa shape index (κ3) is 3.10. The summed E-state index contributed by atoms with van der Waals surface area (Å²) in [5.74, 6) is -0.144. The van der Waals surface area contributed by atoms with Crippen LogP contribution >= 0.6 is 11.8 Å². The van der Waals surface area contributed by atoms with Crippen LogP contribution in [-0.2, 0) is 11.3 Å². The van der Waals surface area contributed by atoms with E-state index in [1.165, 1.54) is 12.1 Å². The zero-order chi connectivity index (χ0) is 14.8. The average Bonchev–Trinajstić information content (AvgIpc) is 2.58. The van der Waals surface area contributed by atoms with E-state index < -0.39 is 0 Å². The van der Waals surface area contributed by atoms with E-state index in [-0.39, 0.29) is 17.0 Å². The summed E-state index contributed by atoms with van der Waals surface area (Å²) in [6, 6.07) is 14.3. The number of amides is 1. The van der Waals surface area contributed by atoms with Crippen LogP contribution in [-0.4, -0.2) is 11.2 Å². The van der Waals surface area contributed by atoms with E-state index in [1.807, 2.05) is 24.3 Å². The van der Waals surface area contributed by atoms with E-state index in [0.717, 1.165) is 16.1 Å². The molecule has 3 rings (SSSR count). The number of fused-ring (bicyclic) bond motifs is 1. The Morgan fingerprint density at radius 2 is 1.90 bits per heavy atom. The van der Waals surface area contributed by atoms with Crippen molar-refractivity contribution in [1.82, 2.24) is 0 Å². The summed E-state index contributed by atoms with van der Waals surface area (Å²) in [5, 5.41) is 0.261. The van der Waals surface area contributed by atoms with Gasteiger partial charge in [0.2, 0.25) is 5.91 Å². The molecule has 0 fully saturated rings. The molecule has 0 radical (unpaired) electrons. The zero-order valence-electron chi connectivity index (χ0n) is 11.8. The molecule has 1 amide bonds. The van der Waals surface area contributed by atoms with Gasteiger partial charge in [-0.2, -0.15) is 0 Å². The second kappa shape index (κ2) is 5.90. The minimum Gasteiger partial charge on any atom is -0.307 e. The van der Waals surface area contributed by atoms with Crippen molar-refractivity contribution in [2.24, 2.45) is 0 Å². The first kappa shape index (κ1) is 14.1. The first-order valence-electron chi connectivity index (χ1n) is 6.94. The SMILES string of the molecule is CC1CC(=O)N(Cc2ccc(F)cc2)c2ccccc2S1. The van der Waals surface area contributed by atoms with Crippen molar-refractivity contribution in [3.05, 3.63) is 59.9 Å². The Kier molecular flexibility index (Phi) is 3.97. The molecule has 0 aromatic heterocycles. The fourth-order valence-corrected chi connectivity index (χ4v) is 3.59. The molecule has 1 aliphatic heterocycles. The van der Waals surface area contributed by atoms with Crippen molar-refractivity contribution in [2.45, 2.75) is 30.0 Å². The molecule has 0 saturated carbocycles.